The van der Waals surface area contributed by atoms with Gasteiger partial charge in [-0.15, -0.1) is 0 Å². The second-order valence-electron chi connectivity index (χ2n) is 5.87. The van der Waals surface area contributed by atoms with Gasteiger partial charge in [0.05, 0.1) is 31.3 Å². The van der Waals surface area contributed by atoms with E-state index in [0.717, 1.165) is 5.56 Å². The molecule has 0 bridgehead atoms. The highest BCUT2D eigenvalue weighted by Gasteiger charge is 2.46. The van der Waals surface area contributed by atoms with Gasteiger partial charge >= 0.3 is 0 Å². The zero-order valence-electron chi connectivity index (χ0n) is 14.9. The number of carbonyl (C=O) groups excluding carboxylic acids is 1. The molecular formula is C15H18N10O3. The van der Waals surface area contributed by atoms with Crippen molar-refractivity contribution in [1.82, 2.24) is 5.32 Å². The monoisotopic (exact) mass is 386 g/mol. The average Bonchev–Trinajstić information content (AvgIpc) is 2.69. The Bertz CT molecular complexity index is 815. The van der Waals surface area contributed by atoms with Crippen LogP contribution in [0.5, 0.6) is 0 Å². The summed E-state index contributed by atoms with van der Waals surface area (Å²) >= 11 is 0. The van der Waals surface area contributed by atoms with Crippen molar-refractivity contribution >= 4 is 5.91 Å². The molecule has 1 aromatic rings. The third kappa shape index (κ3) is 5.52. The topological polar surface area (TPSA) is 194 Å². The number of amides is 1. The smallest absolute Gasteiger partial charge is 0.217 e. The molecule has 0 unspecified atom stereocenters. The Balaban J connectivity index is 2.34. The molecule has 28 heavy (non-hydrogen) atoms. The Hall–Kier alpha value is -3.46. The summed E-state index contributed by atoms with van der Waals surface area (Å²) in [5.74, 6) is -0.424. The first-order valence-corrected chi connectivity index (χ1v) is 8.28. The van der Waals surface area contributed by atoms with Gasteiger partial charge < -0.3 is 14.8 Å². The molecule has 146 valence electrons. The fourth-order valence-corrected chi connectivity index (χ4v) is 2.89. The molecule has 0 saturated carbocycles. The van der Waals surface area contributed by atoms with Crippen molar-refractivity contribution < 1.29 is 14.3 Å². The van der Waals surface area contributed by atoms with E-state index in [2.05, 4.69) is 35.4 Å². The van der Waals surface area contributed by atoms with Gasteiger partial charge in [0.15, 0.2) is 6.29 Å². The highest BCUT2D eigenvalue weighted by Crippen LogP contribution is 2.28. The lowest BCUT2D eigenvalue weighted by molar-refractivity contribution is -0.216. The summed E-state index contributed by atoms with van der Waals surface area (Å²) in [7, 11) is 0. The van der Waals surface area contributed by atoms with Gasteiger partial charge in [0.2, 0.25) is 5.91 Å². The minimum Gasteiger partial charge on any atom is -0.352 e. The van der Waals surface area contributed by atoms with Crippen molar-refractivity contribution in [3.05, 3.63) is 67.2 Å². The third-order valence-corrected chi connectivity index (χ3v) is 4.03. The number of nitrogens with one attached hydrogen (secondary N) is 1. The Labute approximate surface area is 159 Å². The molecular weight excluding hydrogens is 368 g/mol. The summed E-state index contributed by atoms with van der Waals surface area (Å²) in [5, 5.41) is 13.4. The van der Waals surface area contributed by atoms with Crippen LogP contribution < -0.4 is 5.32 Å². The van der Waals surface area contributed by atoms with Gasteiger partial charge in [-0.25, -0.2) is 0 Å². The van der Waals surface area contributed by atoms with Gasteiger partial charge in [0.25, 0.3) is 0 Å². The number of benzene rings is 1. The lowest BCUT2D eigenvalue weighted by atomic mass is 9.92. The molecule has 1 saturated heterocycles. The van der Waals surface area contributed by atoms with Crippen molar-refractivity contribution in [3.63, 3.8) is 0 Å². The maximum Gasteiger partial charge on any atom is 0.217 e. The summed E-state index contributed by atoms with van der Waals surface area (Å²) in [6.07, 6.45) is -1.94. The molecule has 1 aliphatic heterocycles. The molecule has 1 amide bonds. The second kappa shape index (κ2) is 10.6. The maximum absolute atomic E-state index is 11.7. The number of nitrogens with zero attached hydrogens (tertiary/aromatic N) is 9. The van der Waals surface area contributed by atoms with Gasteiger partial charge in [-0.3, -0.25) is 4.79 Å². The molecule has 0 aromatic heterocycles. The molecule has 5 atom stereocenters. The van der Waals surface area contributed by atoms with Crippen LogP contribution in [0, 0.1) is 0 Å². The maximum atomic E-state index is 11.7. The largest absolute Gasteiger partial charge is 0.352 e. The van der Waals surface area contributed by atoms with Crippen molar-refractivity contribution in [2.24, 2.45) is 15.3 Å². The van der Waals surface area contributed by atoms with Crippen LogP contribution >= 0.6 is 0 Å². The van der Waals surface area contributed by atoms with Crippen molar-refractivity contribution in [1.29, 1.82) is 0 Å². The lowest BCUT2D eigenvalue weighted by Gasteiger charge is -2.43. The number of ether oxygens (including phenoxy) is 2. The Morgan fingerprint density at radius 3 is 2.43 bits per heavy atom. The molecule has 13 nitrogen and oxygen atoms in total. The van der Waals surface area contributed by atoms with Crippen LogP contribution in [0.2, 0.25) is 0 Å². The van der Waals surface area contributed by atoms with E-state index in [0.29, 0.717) is 0 Å². The zero-order valence-corrected chi connectivity index (χ0v) is 14.9. The molecule has 2 rings (SSSR count). The molecule has 1 fully saturated rings. The number of hydrogen-bond donors (Lipinski definition) is 1. The highest BCUT2D eigenvalue weighted by atomic mass is 16.7. The molecule has 1 N–H and O–H groups in total. The first-order valence-electron chi connectivity index (χ1n) is 8.28. The molecule has 1 heterocycles. The molecule has 1 aromatic carbocycles. The summed E-state index contributed by atoms with van der Waals surface area (Å²) in [5.41, 5.74) is 27.3. The first-order chi connectivity index (χ1) is 13.6. The first kappa shape index (κ1) is 20.8. The fourth-order valence-electron chi connectivity index (χ4n) is 2.89. The molecule has 0 radical (unpaired) electrons. The Morgan fingerprint density at radius 1 is 1.14 bits per heavy atom. The van der Waals surface area contributed by atoms with E-state index in [1.54, 1.807) is 0 Å². The second-order valence-corrected chi connectivity index (χ2v) is 5.87. The van der Waals surface area contributed by atoms with Crippen LogP contribution in [0.15, 0.2) is 45.7 Å². The van der Waals surface area contributed by atoms with Crippen molar-refractivity contribution in [3.8, 4) is 0 Å². The van der Waals surface area contributed by atoms with Crippen molar-refractivity contribution in [2.45, 2.75) is 44.1 Å². The van der Waals surface area contributed by atoms with E-state index in [9.17, 15) is 4.79 Å². The van der Waals surface area contributed by atoms with Crippen LogP contribution in [0.1, 0.15) is 12.5 Å². The van der Waals surface area contributed by atoms with Gasteiger partial charge in [0.1, 0.15) is 6.04 Å². The SMILES string of the molecule is CC(=O)N[C@H]1[C@H](N=[N+]=[N-])[C@@H](OCc2ccccc2)O[C@@H](CN=[N+]=[N-])[C@H]1N=[N+]=[N-]. The highest BCUT2D eigenvalue weighted by molar-refractivity contribution is 5.73. The number of hydrogen-bond acceptors (Lipinski definition) is 6. The number of carbonyl (C=O) groups is 1. The Kier molecular flexibility index (Phi) is 7.92. The van der Waals surface area contributed by atoms with Gasteiger partial charge in [0, 0.05) is 21.7 Å². The van der Waals surface area contributed by atoms with Crippen LogP contribution in [0.3, 0.4) is 0 Å². The Morgan fingerprint density at radius 2 is 1.82 bits per heavy atom. The lowest BCUT2D eigenvalue weighted by Crippen LogP contribution is -2.63. The molecule has 13 heteroatoms. The van der Waals surface area contributed by atoms with E-state index in [1.807, 2.05) is 30.3 Å². The average molecular weight is 386 g/mol. The predicted octanol–water partition coefficient (Wildman–Crippen LogP) is 3.10. The van der Waals surface area contributed by atoms with Crippen LogP contribution in [0.25, 0.3) is 31.3 Å². The van der Waals surface area contributed by atoms with E-state index >= 15 is 0 Å². The minimum absolute atomic E-state index is 0.149. The summed E-state index contributed by atoms with van der Waals surface area (Å²) < 4.78 is 11.6. The fraction of sp³-hybridized carbons (Fsp3) is 0.533. The van der Waals surface area contributed by atoms with Crippen LogP contribution in [-0.2, 0) is 20.9 Å². The molecule has 0 spiro atoms. The number of azide groups is 3. The van der Waals surface area contributed by atoms with E-state index < -0.39 is 36.4 Å². The predicted molar refractivity (Wildman–Crippen MR) is 97.4 cm³/mol. The standard InChI is InChI=1S/C15H18N10O3/c1-9(26)20-13-12(21-24-17)11(7-19-23-16)28-15(14(13)22-25-18)27-8-10-5-3-2-4-6-10/h2-6,11-15H,7-8H2,1H3,(H,20,26)/t11-,12+,13+,14-,15-/m0/s1. The summed E-state index contributed by atoms with van der Waals surface area (Å²) in [4.78, 5) is 19.9. The third-order valence-electron chi connectivity index (χ3n) is 4.03. The van der Waals surface area contributed by atoms with Gasteiger partial charge in [-0.2, -0.15) is 0 Å². The molecule has 1 aliphatic rings. The van der Waals surface area contributed by atoms with Crippen LogP contribution in [0.4, 0.5) is 0 Å². The minimum atomic E-state index is -1.06. The van der Waals surface area contributed by atoms with E-state index in [-0.39, 0.29) is 13.2 Å². The number of rotatable bonds is 8. The quantitative estimate of drug-likeness (QED) is 0.408. The van der Waals surface area contributed by atoms with E-state index in [4.69, 9.17) is 26.1 Å². The van der Waals surface area contributed by atoms with Gasteiger partial charge in [-0.1, -0.05) is 45.7 Å². The van der Waals surface area contributed by atoms with Gasteiger partial charge in [-0.05, 0) is 22.2 Å². The zero-order chi connectivity index (χ0) is 20.4. The normalized spacial score (nSPS) is 26.1. The summed E-state index contributed by atoms with van der Waals surface area (Å²) in [6, 6.07) is 6.35. The van der Waals surface area contributed by atoms with Crippen LogP contribution in [-0.4, -0.2) is 43.0 Å². The summed E-state index contributed by atoms with van der Waals surface area (Å²) in [6.45, 7) is 1.26. The molecule has 0 aliphatic carbocycles. The van der Waals surface area contributed by atoms with Crippen molar-refractivity contribution in [2.75, 3.05) is 6.54 Å². The van der Waals surface area contributed by atoms with E-state index in [1.165, 1.54) is 6.92 Å².